The molecule has 0 atom stereocenters. The molecule has 1 aromatic heterocycles. The third kappa shape index (κ3) is 5.35. The lowest BCUT2D eigenvalue weighted by atomic mass is 10.1. The number of thiazole rings is 1. The van der Waals surface area contributed by atoms with E-state index in [4.69, 9.17) is 19.2 Å². The molecule has 2 aliphatic rings. The lowest BCUT2D eigenvalue weighted by molar-refractivity contribution is 0.0627. The normalized spacial score (nSPS) is 16.8. The van der Waals surface area contributed by atoms with Gasteiger partial charge in [-0.15, -0.1) is 11.3 Å². The van der Waals surface area contributed by atoms with Gasteiger partial charge in [0.25, 0.3) is 5.91 Å². The van der Waals surface area contributed by atoms with Crippen molar-refractivity contribution in [3.8, 4) is 17.2 Å². The average molecular weight is 460 g/mol. The Balaban J connectivity index is 1.41. The highest BCUT2D eigenvalue weighted by atomic mass is 32.1. The minimum absolute atomic E-state index is 0.000118. The maximum atomic E-state index is 13.3. The van der Waals surface area contributed by atoms with E-state index in [0.717, 1.165) is 19.6 Å². The third-order valence-electron chi connectivity index (χ3n) is 5.74. The topological polar surface area (TPSA) is 64.1 Å². The molecule has 0 unspecified atom stereocenters. The Kier molecular flexibility index (Phi) is 7.52. The first-order valence-corrected chi connectivity index (χ1v) is 12.5. The van der Waals surface area contributed by atoms with Crippen LogP contribution in [-0.4, -0.2) is 66.7 Å². The Bertz CT molecular complexity index is 893. The van der Waals surface area contributed by atoms with E-state index in [-0.39, 0.29) is 5.91 Å². The van der Waals surface area contributed by atoms with Crippen LogP contribution < -0.4 is 14.2 Å². The first kappa shape index (κ1) is 22.9. The lowest BCUT2D eigenvalue weighted by Crippen LogP contribution is -2.48. The molecule has 0 radical (unpaired) electrons. The Morgan fingerprint density at radius 3 is 2.19 bits per heavy atom. The van der Waals surface area contributed by atoms with Gasteiger partial charge < -0.3 is 19.1 Å². The van der Waals surface area contributed by atoms with Gasteiger partial charge in [-0.1, -0.05) is 0 Å². The van der Waals surface area contributed by atoms with Gasteiger partial charge in [-0.3, -0.25) is 9.69 Å². The van der Waals surface area contributed by atoms with Crippen molar-refractivity contribution >= 4 is 17.2 Å². The first-order chi connectivity index (χ1) is 15.6. The van der Waals surface area contributed by atoms with Gasteiger partial charge in [-0.25, -0.2) is 4.98 Å². The minimum atomic E-state index is -0.000118. The molecule has 0 N–H and O–H groups in total. The quantitative estimate of drug-likeness (QED) is 0.531. The van der Waals surface area contributed by atoms with E-state index in [0.29, 0.717) is 61.6 Å². The zero-order valence-electron chi connectivity index (χ0n) is 19.3. The van der Waals surface area contributed by atoms with E-state index < -0.39 is 0 Å². The van der Waals surface area contributed by atoms with Crippen molar-refractivity contribution in [1.29, 1.82) is 0 Å². The summed E-state index contributed by atoms with van der Waals surface area (Å²) in [6.07, 6.45) is 2.57. The van der Waals surface area contributed by atoms with Crippen molar-refractivity contribution in [2.45, 2.75) is 46.1 Å². The van der Waals surface area contributed by atoms with Crippen LogP contribution in [0.25, 0.3) is 0 Å². The number of nitrogens with zero attached hydrogens (tertiary/aromatic N) is 3. The average Bonchev–Trinajstić information content (AvgIpc) is 3.55. The van der Waals surface area contributed by atoms with Crippen LogP contribution in [0.2, 0.25) is 0 Å². The molecule has 2 fully saturated rings. The van der Waals surface area contributed by atoms with Crippen molar-refractivity contribution < 1.29 is 19.0 Å². The Labute approximate surface area is 194 Å². The van der Waals surface area contributed by atoms with E-state index >= 15 is 0 Å². The molecule has 1 aliphatic carbocycles. The highest BCUT2D eigenvalue weighted by Gasteiger charge is 2.28. The summed E-state index contributed by atoms with van der Waals surface area (Å²) >= 11 is 1.76. The zero-order valence-corrected chi connectivity index (χ0v) is 20.1. The number of carbonyl (C=O) groups excluding carboxylic acids is 1. The molecule has 4 rings (SSSR count). The Morgan fingerprint density at radius 1 is 1.00 bits per heavy atom. The van der Waals surface area contributed by atoms with Crippen LogP contribution in [0.3, 0.4) is 0 Å². The van der Waals surface area contributed by atoms with E-state index in [1.807, 2.05) is 25.7 Å². The van der Waals surface area contributed by atoms with Gasteiger partial charge in [-0.2, -0.15) is 0 Å². The molecule has 1 saturated heterocycles. The van der Waals surface area contributed by atoms with Crippen LogP contribution >= 0.6 is 11.3 Å². The fourth-order valence-corrected chi connectivity index (χ4v) is 4.88. The standard InChI is InChI=1S/C24H33N3O4S/c1-4-29-20-13-18(14-21(30-5-2)23(20)31-6-3)24(28)27-11-9-26(10-12-27)15-22-25-19(16-32-22)17-7-8-17/h13-14,16-17H,4-12,15H2,1-3H3. The van der Waals surface area contributed by atoms with Crippen LogP contribution in [0, 0.1) is 0 Å². The lowest BCUT2D eigenvalue weighted by Gasteiger charge is -2.34. The first-order valence-electron chi connectivity index (χ1n) is 11.6. The SMILES string of the molecule is CCOc1cc(C(=O)N2CCN(Cc3nc(C4CC4)cs3)CC2)cc(OCC)c1OCC. The van der Waals surface area contributed by atoms with Crippen LogP contribution in [-0.2, 0) is 6.54 Å². The summed E-state index contributed by atoms with van der Waals surface area (Å²) in [6.45, 7) is 11.2. The van der Waals surface area contributed by atoms with Crippen molar-refractivity contribution in [1.82, 2.24) is 14.8 Å². The van der Waals surface area contributed by atoms with E-state index in [1.54, 1.807) is 23.5 Å². The van der Waals surface area contributed by atoms with Crippen LogP contribution in [0.4, 0.5) is 0 Å². The maximum Gasteiger partial charge on any atom is 0.254 e. The number of piperazine rings is 1. The second-order valence-corrected chi connectivity index (χ2v) is 9.05. The van der Waals surface area contributed by atoms with Gasteiger partial charge in [0.15, 0.2) is 11.5 Å². The summed E-state index contributed by atoms with van der Waals surface area (Å²) in [7, 11) is 0. The molecule has 2 aromatic rings. The summed E-state index contributed by atoms with van der Waals surface area (Å²) in [5.41, 5.74) is 1.84. The molecule has 8 heteroatoms. The van der Waals surface area contributed by atoms with Gasteiger partial charge in [0.2, 0.25) is 5.75 Å². The second-order valence-electron chi connectivity index (χ2n) is 8.11. The van der Waals surface area contributed by atoms with Crippen molar-refractivity contribution in [3.05, 3.63) is 33.8 Å². The van der Waals surface area contributed by atoms with E-state index in [9.17, 15) is 4.79 Å². The molecule has 1 aromatic carbocycles. The number of aromatic nitrogens is 1. The highest BCUT2D eigenvalue weighted by Crippen LogP contribution is 2.41. The maximum absolute atomic E-state index is 13.3. The van der Waals surface area contributed by atoms with E-state index in [2.05, 4.69) is 10.3 Å². The van der Waals surface area contributed by atoms with Gasteiger partial charge in [-0.05, 0) is 45.7 Å². The van der Waals surface area contributed by atoms with Crippen molar-refractivity contribution in [2.75, 3.05) is 46.0 Å². The Hall–Kier alpha value is -2.32. The van der Waals surface area contributed by atoms with E-state index in [1.165, 1.54) is 23.5 Å². The summed E-state index contributed by atoms with van der Waals surface area (Å²) < 4.78 is 17.3. The van der Waals surface area contributed by atoms with Gasteiger partial charge in [0.1, 0.15) is 5.01 Å². The summed E-state index contributed by atoms with van der Waals surface area (Å²) in [4.78, 5) is 22.4. The molecule has 7 nitrogen and oxygen atoms in total. The number of benzene rings is 1. The molecule has 0 spiro atoms. The second kappa shape index (κ2) is 10.5. The minimum Gasteiger partial charge on any atom is -0.490 e. The van der Waals surface area contributed by atoms with Crippen molar-refractivity contribution in [3.63, 3.8) is 0 Å². The molecular formula is C24H33N3O4S. The molecule has 174 valence electrons. The monoisotopic (exact) mass is 459 g/mol. The van der Waals surface area contributed by atoms with Crippen LogP contribution in [0.15, 0.2) is 17.5 Å². The van der Waals surface area contributed by atoms with Crippen LogP contribution in [0.5, 0.6) is 17.2 Å². The van der Waals surface area contributed by atoms with Gasteiger partial charge in [0, 0.05) is 43.0 Å². The highest BCUT2D eigenvalue weighted by molar-refractivity contribution is 7.09. The fourth-order valence-electron chi connectivity index (χ4n) is 3.96. The third-order valence-corrected chi connectivity index (χ3v) is 6.59. The number of amides is 1. The summed E-state index contributed by atoms with van der Waals surface area (Å²) in [6, 6.07) is 3.56. The smallest absolute Gasteiger partial charge is 0.254 e. The number of rotatable bonds is 10. The fraction of sp³-hybridized carbons (Fsp3) is 0.583. The predicted molar refractivity (Wildman–Crippen MR) is 125 cm³/mol. The number of ether oxygens (including phenoxy) is 3. The summed E-state index contributed by atoms with van der Waals surface area (Å²) in [5.74, 6) is 2.37. The molecular weight excluding hydrogens is 426 g/mol. The molecule has 1 saturated carbocycles. The molecule has 32 heavy (non-hydrogen) atoms. The molecule has 2 heterocycles. The van der Waals surface area contributed by atoms with Crippen molar-refractivity contribution in [2.24, 2.45) is 0 Å². The zero-order chi connectivity index (χ0) is 22.5. The number of carbonyl (C=O) groups is 1. The Morgan fingerprint density at radius 2 is 1.62 bits per heavy atom. The largest absolute Gasteiger partial charge is 0.490 e. The van der Waals surface area contributed by atoms with Gasteiger partial charge >= 0.3 is 0 Å². The molecule has 1 amide bonds. The van der Waals surface area contributed by atoms with Gasteiger partial charge in [0.05, 0.1) is 32.1 Å². The number of hydrogen-bond acceptors (Lipinski definition) is 7. The van der Waals surface area contributed by atoms with Crippen LogP contribution in [0.1, 0.15) is 60.6 Å². The predicted octanol–water partition coefficient (Wildman–Crippen LogP) is 4.17. The molecule has 0 bridgehead atoms. The molecule has 1 aliphatic heterocycles. The summed E-state index contributed by atoms with van der Waals surface area (Å²) in [5, 5.41) is 3.39. The number of hydrogen-bond donors (Lipinski definition) is 0.